The summed E-state index contributed by atoms with van der Waals surface area (Å²) < 4.78 is 22.6. The molecule has 10 nitrogen and oxygen atoms in total. The van der Waals surface area contributed by atoms with Crippen LogP contribution in [-0.4, -0.2) is 41.9 Å². The van der Waals surface area contributed by atoms with Gasteiger partial charge in [-0.05, 0) is 43.4 Å². The lowest BCUT2D eigenvalue weighted by molar-refractivity contribution is -0.108. The topological polar surface area (TPSA) is 124 Å². The fourth-order valence-corrected chi connectivity index (χ4v) is 4.17. The Balaban J connectivity index is 1.45. The standard InChI is InChI=1S/C21H21FN6O4/c22-14-4-3-13(15(9-14)28-12-23-11-25-28)10-24-18(30)16-17(29)19(31)27-7-2-8-32-21(5-1-6-21)20(27)26-16/h3-4,9,11-12,29H,1-2,5-8,10H2,(H,24,30). The molecule has 11 heteroatoms. The lowest BCUT2D eigenvalue weighted by atomic mass is 9.79. The minimum atomic E-state index is -0.712. The van der Waals surface area contributed by atoms with E-state index < -0.39 is 28.6 Å². The number of nitrogens with zero attached hydrogens (tertiary/aromatic N) is 5. The van der Waals surface area contributed by atoms with Crippen LogP contribution >= 0.6 is 0 Å². The zero-order valence-electron chi connectivity index (χ0n) is 17.1. The molecule has 1 aliphatic carbocycles. The molecule has 2 aromatic heterocycles. The minimum absolute atomic E-state index is 0.00448. The largest absolute Gasteiger partial charge is 0.501 e. The van der Waals surface area contributed by atoms with Crippen LogP contribution in [0, 0.1) is 5.82 Å². The van der Waals surface area contributed by atoms with E-state index >= 15 is 0 Å². The number of aromatic hydroxyl groups is 1. The van der Waals surface area contributed by atoms with Crippen molar-refractivity contribution in [3.63, 3.8) is 0 Å². The van der Waals surface area contributed by atoms with E-state index in [2.05, 4.69) is 20.4 Å². The number of amides is 1. The predicted molar refractivity (Wildman–Crippen MR) is 109 cm³/mol. The first kappa shape index (κ1) is 20.3. The van der Waals surface area contributed by atoms with Crippen molar-refractivity contribution in [2.45, 2.75) is 44.4 Å². The molecule has 1 aliphatic heterocycles. The van der Waals surface area contributed by atoms with Gasteiger partial charge in [-0.25, -0.2) is 19.0 Å². The molecule has 5 rings (SSSR count). The van der Waals surface area contributed by atoms with Crippen LogP contribution in [0.15, 0.2) is 35.6 Å². The van der Waals surface area contributed by atoms with Crippen LogP contribution in [0.3, 0.4) is 0 Å². The third-order valence-corrected chi connectivity index (χ3v) is 5.99. The predicted octanol–water partition coefficient (Wildman–Crippen LogP) is 1.40. The van der Waals surface area contributed by atoms with Crippen LogP contribution in [0.25, 0.3) is 5.69 Å². The van der Waals surface area contributed by atoms with Gasteiger partial charge in [0.25, 0.3) is 11.5 Å². The molecule has 32 heavy (non-hydrogen) atoms. The summed E-state index contributed by atoms with van der Waals surface area (Å²) in [6.07, 6.45) is 5.71. The number of ether oxygens (including phenoxy) is 1. The Bertz CT molecular complexity index is 1240. The second kappa shape index (κ2) is 7.83. The molecule has 1 amide bonds. The Kier molecular flexibility index (Phi) is 4.97. The molecule has 0 saturated heterocycles. The lowest BCUT2D eigenvalue weighted by Gasteiger charge is -2.40. The van der Waals surface area contributed by atoms with Gasteiger partial charge >= 0.3 is 0 Å². The number of nitrogens with one attached hydrogen (secondary N) is 1. The van der Waals surface area contributed by atoms with Crippen LogP contribution in [0.4, 0.5) is 4.39 Å². The quantitative estimate of drug-likeness (QED) is 0.628. The SMILES string of the molecule is O=C(NCc1ccc(F)cc1-n1cncn1)c1nc2n(c(=O)c1O)CCCOC21CCC1. The molecule has 1 aromatic carbocycles. The minimum Gasteiger partial charge on any atom is -0.501 e. The molecule has 3 heterocycles. The van der Waals surface area contributed by atoms with E-state index in [-0.39, 0.29) is 12.2 Å². The van der Waals surface area contributed by atoms with E-state index in [0.717, 1.165) is 6.42 Å². The first-order chi connectivity index (χ1) is 15.5. The number of aromatic nitrogens is 5. The number of fused-ring (bicyclic) bond motifs is 2. The second-order valence-corrected chi connectivity index (χ2v) is 7.94. The smallest absolute Gasteiger partial charge is 0.296 e. The molecule has 2 N–H and O–H groups in total. The number of hydrogen-bond donors (Lipinski definition) is 2. The van der Waals surface area contributed by atoms with Crippen molar-refractivity contribution in [3.8, 4) is 11.4 Å². The van der Waals surface area contributed by atoms with Gasteiger partial charge in [0.15, 0.2) is 5.69 Å². The average molecular weight is 440 g/mol. The summed E-state index contributed by atoms with van der Waals surface area (Å²) in [4.78, 5) is 34.0. The zero-order valence-corrected chi connectivity index (χ0v) is 17.1. The number of carbonyl (C=O) groups is 1. The lowest BCUT2D eigenvalue weighted by Crippen LogP contribution is -2.43. The molecule has 1 spiro atoms. The van der Waals surface area contributed by atoms with Crippen LogP contribution in [0.5, 0.6) is 5.75 Å². The maximum atomic E-state index is 13.8. The summed E-state index contributed by atoms with van der Waals surface area (Å²) >= 11 is 0. The molecule has 3 aromatic rings. The Morgan fingerprint density at radius 2 is 2.16 bits per heavy atom. The van der Waals surface area contributed by atoms with Crippen molar-refractivity contribution < 1.29 is 19.0 Å². The van der Waals surface area contributed by atoms with Gasteiger partial charge in [-0.1, -0.05) is 6.07 Å². The molecule has 0 unspecified atom stereocenters. The zero-order chi connectivity index (χ0) is 22.3. The Hall–Kier alpha value is -3.60. The second-order valence-electron chi connectivity index (χ2n) is 7.94. The number of rotatable bonds is 4. The van der Waals surface area contributed by atoms with E-state index in [9.17, 15) is 19.1 Å². The van der Waals surface area contributed by atoms with E-state index in [1.807, 2.05) is 0 Å². The summed E-state index contributed by atoms with van der Waals surface area (Å²) in [7, 11) is 0. The van der Waals surface area contributed by atoms with E-state index in [0.29, 0.717) is 49.5 Å². The molecular weight excluding hydrogens is 419 g/mol. The molecule has 1 fully saturated rings. The van der Waals surface area contributed by atoms with Crippen LogP contribution < -0.4 is 10.9 Å². The van der Waals surface area contributed by atoms with Crippen molar-refractivity contribution in [1.29, 1.82) is 0 Å². The van der Waals surface area contributed by atoms with Gasteiger partial charge < -0.3 is 15.2 Å². The van der Waals surface area contributed by atoms with Gasteiger partial charge in [0, 0.05) is 19.7 Å². The van der Waals surface area contributed by atoms with Crippen LogP contribution in [0.2, 0.25) is 0 Å². The summed E-state index contributed by atoms with van der Waals surface area (Å²) in [5, 5.41) is 17.1. The van der Waals surface area contributed by atoms with E-state index in [1.165, 1.54) is 40.1 Å². The molecular formula is C21H21FN6O4. The van der Waals surface area contributed by atoms with Gasteiger partial charge in [-0.15, -0.1) is 0 Å². The number of hydrogen-bond acceptors (Lipinski definition) is 7. The molecule has 0 bridgehead atoms. The highest BCUT2D eigenvalue weighted by molar-refractivity contribution is 5.94. The molecule has 0 radical (unpaired) electrons. The third-order valence-electron chi connectivity index (χ3n) is 5.99. The molecule has 1 saturated carbocycles. The molecule has 166 valence electrons. The number of benzene rings is 1. The van der Waals surface area contributed by atoms with Crippen molar-refractivity contribution in [1.82, 2.24) is 29.6 Å². The van der Waals surface area contributed by atoms with Crippen molar-refractivity contribution in [3.05, 3.63) is 64.1 Å². The van der Waals surface area contributed by atoms with Gasteiger partial charge in [0.05, 0.1) is 5.69 Å². The molecule has 0 atom stereocenters. The van der Waals surface area contributed by atoms with Crippen molar-refractivity contribution in [2.75, 3.05) is 6.61 Å². The summed E-state index contributed by atoms with van der Waals surface area (Å²) in [6.45, 7) is 0.853. The Morgan fingerprint density at radius 3 is 2.88 bits per heavy atom. The fourth-order valence-electron chi connectivity index (χ4n) is 4.17. The Morgan fingerprint density at radius 1 is 1.31 bits per heavy atom. The van der Waals surface area contributed by atoms with E-state index in [4.69, 9.17) is 4.74 Å². The summed E-state index contributed by atoms with van der Waals surface area (Å²) in [5.74, 6) is -1.48. The normalized spacial score (nSPS) is 16.8. The number of halogens is 1. The first-order valence-electron chi connectivity index (χ1n) is 10.4. The van der Waals surface area contributed by atoms with Crippen LogP contribution in [0.1, 0.15) is 47.6 Å². The van der Waals surface area contributed by atoms with Gasteiger partial charge in [0.1, 0.15) is 29.9 Å². The summed E-state index contributed by atoms with van der Waals surface area (Å²) in [5.41, 5.74) is -0.710. The van der Waals surface area contributed by atoms with Crippen molar-refractivity contribution >= 4 is 5.91 Å². The highest BCUT2D eigenvalue weighted by atomic mass is 19.1. The third kappa shape index (κ3) is 3.34. The highest BCUT2D eigenvalue weighted by Crippen LogP contribution is 2.45. The highest BCUT2D eigenvalue weighted by Gasteiger charge is 2.45. The van der Waals surface area contributed by atoms with Gasteiger partial charge in [0.2, 0.25) is 5.75 Å². The number of carbonyl (C=O) groups excluding carboxylic acids is 1. The fraction of sp³-hybridized carbons (Fsp3) is 0.381. The van der Waals surface area contributed by atoms with Crippen molar-refractivity contribution in [2.24, 2.45) is 0 Å². The van der Waals surface area contributed by atoms with Crippen LogP contribution in [-0.2, 0) is 23.4 Å². The van der Waals surface area contributed by atoms with Gasteiger partial charge in [-0.3, -0.25) is 14.2 Å². The Labute approximate surface area is 181 Å². The maximum Gasteiger partial charge on any atom is 0.296 e. The van der Waals surface area contributed by atoms with E-state index in [1.54, 1.807) is 0 Å². The average Bonchev–Trinajstić information content (AvgIpc) is 3.22. The summed E-state index contributed by atoms with van der Waals surface area (Å²) in [6, 6.07) is 4.06. The monoisotopic (exact) mass is 440 g/mol. The molecule has 2 aliphatic rings. The first-order valence-corrected chi connectivity index (χ1v) is 10.4. The maximum absolute atomic E-state index is 13.8. The van der Waals surface area contributed by atoms with Gasteiger partial charge in [-0.2, -0.15) is 5.10 Å².